The molecule has 1 saturated heterocycles. The molecule has 23 heavy (non-hydrogen) atoms. The summed E-state index contributed by atoms with van der Waals surface area (Å²) < 4.78 is 8.00. The maximum absolute atomic E-state index is 12.1. The highest BCUT2D eigenvalue weighted by Gasteiger charge is 2.57. The van der Waals surface area contributed by atoms with Crippen LogP contribution in [0.4, 0.5) is 4.79 Å². The van der Waals surface area contributed by atoms with Crippen molar-refractivity contribution in [3.8, 4) is 0 Å². The summed E-state index contributed by atoms with van der Waals surface area (Å²) in [5, 5.41) is 11.0. The van der Waals surface area contributed by atoms with E-state index in [1.165, 1.54) is 0 Å². The number of amides is 1. The van der Waals surface area contributed by atoms with E-state index in [9.17, 15) is 9.90 Å². The van der Waals surface area contributed by atoms with Gasteiger partial charge < -0.3 is 19.3 Å². The number of imidazole rings is 1. The van der Waals surface area contributed by atoms with Gasteiger partial charge in [-0.05, 0) is 56.0 Å². The van der Waals surface area contributed by atoms with Crippen molar-refractivity contribution in [1.29, 1.82) is 0 Å². The van der Waals surface area contributed by atoms with Crippen LogP contribution >= 0.6 is 15.9 Å². The molecule has 2 fully saturated rings. The lowest BCUT2D eigenvalue weighted by Gasteiger charge is -2.48. The molecule has 0 aromatic carbocycles. The van der Waals surface area contributed by atoms with Crippen molar-refractivity contribution in [3.05, 3.63) is 16.6 Å². The average molecular weight is 386 g/mol. The highest BCUT2D eigenvalue weighted by Crippen LogP contribution is 2.53. The zero-order valence-corrected chi connectivity index (χ0v) is 15.7. The van der Waals surface area contributed by atoms with E-state index < -0.39 is 11.2 Å². The Morgan fingerprint density at radius 1 is 1.39 bits per heavy atom. The monoisotopic (exact) mass is 385 g/mol. The number of hydrogen-bond donors (Lipinski definition) is 1. The number of carbonyl (C=O) groups excluding carboxylic acids is 1. The fraction of sp³-hybridized carbons (Fsp3) is 0.750. The van der Waals surface area contributed by atoms with Gasteiger partial charge in [0, 0.05) is 31.7 Å². The molecule has 1 atom stereocenters. The van der Waals surface area contributed by atoms with Gasteiger partial charge in [0.25, 0.3) is 0 Å². The molecule has 7 heteroatoms. The lowest BCUT2D eigenvalue weighted by atomic mass is 9.77. The molecule has 1 aromatic heterocycles. The fourth-order valence-corrected chi connectivity index (χ4v) is 4.29. The summed E-state index contributed by atoms with van der Waals surface area (Å²) in [5.41, 5.74) is -1.40. The Bertz CT molecular complexity index is 631. The minimum absolute atomic E-state index is 0.00984. The van der Waals surface area contributed by atoms with Gasteiger partial charge in [-0.1, -0.05) is 0 Å². The van der Waals surface area contributed by atoms with Crippen LogP contribution in [0.15, 0.2) is 10.8 Å². The van der Waals surface area contributed by atoms with Crippen LogP contribution in [0.5, 0.6) is 0 Å². The Kier molecular flexibility index (Phi) is 3.80. The summed E-state index contributed by atoms with van der Waals surface area (Å²) in [7, 11) is 1.89. The van der Waals surface area contributed by atoms with Gasteiger partial charge in [-0.2, -0.15) is 0 Å². The molecule has 6 nitrogen and oxygen atoms in total. The molecule has 1 spiro atoms. The van der Waals surface area contributed by atoms with Crippen LogP contribution in [0.25, 0.3) is 0 Å². The Hall–Kier alpha value is -1.08. The summed E-state index contributed by atoms with van der Waals surface area (Å²) in [5.74, 6) is 0.692. The summed E-state index contributed by atoms with van der Waals surface area (Å²) in [6.45, 7) is 6.90. The Morgan fingerprint density at radius 2 is 2.04 bits per heavy atom. The van der Waals surface area contributed by atoms with Crippen LogP contribution in [-0.4, -0.2) is 44.3 Å². The molecule has 128 valence electrons. The second kappa shape index (κ2) is 5.21. The van der Waals surface area contributed by atoms with E-state index in [-0.39, 0.29) is 11.5 Å². The van der Waals surface area contributed by atoms with E-state index in [0.717, 1.165) is 11.0 Å². The quantitative estimate of drug-likeness (QED) is 0.806. The molecule has 0 bridgehead atoms. The van der Waals surface area contributed by atoms with Crippen LogP contribution in [0.3, 0.4) is 0 Å². The van der Waals surface area contributed by atoms with Crippen molar-refractivity contribution >= 4 is 22.0 Å². The third-order valence-electron chi connectivity index (χ3n) is 4.70. The molecule has 1 saturated carbocycles. The molecule has 1 N–H and O–H groups in total. The SMILES string of the molecule is Cn1cc(Br)nc1C1(O)CCC2(CN(C(=O)OC(C)(C)C)C2)C1. The molecule has 3 rings (SSSR count). The topological polar surface area (TPSA) is 67.6 Å². The first-order valence-corrected chi connectivity index (χ1v) is 8.71. The maximum atomic E-state index is 12.1. The molecule has 2 aliphatic rings. The van der Waals surface area contributed by atoms with Gasteiger partial charge in [-0.25, -0.2) is 9.78 Å². The zero-order chi connectivity index (χ0) is 17.0. The van der Waals surface area contributed by atoms with Crippen LogP contribution in [0.1, 0.15) is 45.9 Å². The molecule has 2 heterocycles. The number of aryl methyl sites for hydroxylation is 1. The lowest BCUT2D eigenvalue weighted by Crippen LogP contribution is -2.58. The van der Waals surface area contributed by atoms with Crippen LogP contribution < -0.4 is 0 Å². The molecule has 0 radical (unpaired) electrons. The van der Waals surface area contributed by atoms with E-state index in [4.69, 9.17) is 4.74 Å². The number of hydrogen-bond acceptors (Lipinski definition) is 4. The minimum atomic E-state index is -0.916. The second-order valence-electron chi connectivity index (χ2n) is 8.04. The standard InChI is InChI=1S/C16H24BrN3O3/c1-14(2,3)23-13(21)20-9-15(10-20)5-6-16(22,8-15)12-18-11(17)7-19(12)4/h7,22H,5-6,8-10H2,1-4H3. The van der Waals surface area contributed by atoms with Gasteiger partial charge in [-0.3, -0.25) is 0 Å². The normalized spacial score (nSPS) is 26.4. The number of rotatable bonds is 1. The molecule has 1 aliphatic carbocycles. The number of carbonyl (C=O) groups is 1. The lowest BCUT2D eigenvalue weighted by molar-refractivity contribution is -0.0500. The van der Waals surface area contributed by atoms with Crippen molar-refractivity contribution < 1.29 is 14.6 Å². The van der Waals surface area contributed by atoms with Crippen molar-refractivity contribution in [2.24, 2.45) is 12.5 Å². The molecule has 1 unspecified atom stereocenters. The molecular formula is C16H24BrN3O3. The van der Waals surface area contributed by atoms with E-state index in [0.29, 0.717) is 31.8 Å². The maximum Gasteiger partial charge on any atom is 0.410 e. The van der Waals surface area contributed by atoms with Gasteiger partial charge in [-0.15, -0.1) is 0 Å². The summed E-state index contributed by atoms with van der Waals surface area (Å²) in [4.78, 5) is 18.2. The Morgan fingerprint density at radius 3 is 2.57 bits per heavy atom. The van der Waals surface area contributed by atoms with Crippen molar-refractivity contribution in [2.75, 3.05) is 13.1 Å². The Balaban J connectivity index is 1.65. The first-order chi connectivity index (χ1) is 10.5. The summed E-state index contributed by atoms with van der Waals surface area (Å²) >= 11 is 3.36. The number of likely N-dealkylation sites (tertiary alicyclic amines) is 1. The predicted molar refractivity (Wildman–Crippen MR) is 88.9 cm³/mol. The summed E-state index contributed by atoms with van der Waals surface area (Å²) in [6, 6.07) is 0. The molecule has 1 aromatic rings. The van der Waals surface area contributed by atoms with Crippen LogP contribution in [0.2, 0.25) is 0 Å². The molecule has 1 amide bonds. The number of nitrogens with zero attached hydrogens (tertiary/aromatic N) is 3. The first kappa shape index (κ1) is 16.8. The minimum Gasteiger partial charge on any atom is -0.444 e. The zero-order valence-electron chi connectivity index (χ0n) is 14.1. The van der Waals surface area contributed by atoms with E-state index in [1.807, 2.05) is 38.6 Å². The van der Waals surface area contributed by atoms with E-state index >= 15 is 0 Å². The van der Waals surface area contributed by atoms with Gasteiger partial charge in [0.1, 0.15) is 21.6 Å². The van der Waals surface area contributed by atoms with Crippen molar-refractivity contribution in [2.45, 2.75) is 51.2 Å². The van der Waals surface area contributed by atoms with Gasteiger partial charge in [0.05, 0.1) is 0 Å². The Labute approximate surface area is 144 Å². The van der Waals surface area contributed by atoms with Crippen molar-refractivity contribution in [1.82, 2.24) is 14.5 Å². The van der Waals surface area contributed by atoms with Crippen LogP contribution in [0, 0.1) is 5.41 Å². The predicted octanol–water partition coefficient (Wildman–Crippen LogP) is 2.79. The average Bonchev–Trinajstić information content (AvgIpc) is 2.87. The van der Waals surface area contributed by atoms with Gasteiger partial charge >= 0.3 is 6.09 Å². The second-order valence-corrected chi connectivity index (χ2v) is 8.86. The third kappa shape index (κ3) is 3.13. The fourth-order valence-electron chi connectivity index (χ4n) is 3.81. The number of halogens is 1. The van der Waals surface area contributed by atoms with E-state index in [1.54, 1.807) is 4.90 Å². The van der Waals surface area contributed by atoms with E-state index in [2.05, 4.69) is 20.9 Å². The van der Waals surface area contributed by atoms with Crippen molar-refractivity contribution in [3.63, 3.8) is 0 Å². The first-order valence-electron chi connectivity index (χ1n) is 7.92. The molecular weight excluding hydrogens is 362 g/mol. The van der Waals surface area contributed by atoms with Gasteiger partial charge in [0.15, 0.2) is 0 Å². The molecule has 1 aliphatic heterocycles. The number of aliphatic hydroxyl groups is 1. The van der Waals surface area contributed by atoms with Gasteiger partial charge in [0.2, 0.25) is 0 Å². The third-order valence-corrected chi connectivity index (χ3v) is 5.09. The highest BCUT2D eigenvalue weighted by atomic mass is 79.9. The number of aromatic nitrogens is 2. The highest BCUT2D eigenvalue weighted by molar-refractivity contribution is 9.10. The number of ether oxygens (including phenoxy) is 1. The van der Waals surface area contributed by atoms with Crippen LogP contribution in [-0.2, 0) is 17.4 Å². The summed E-state index contributed by atoms with van der Waals surface area (Å²) in [6.07, 6.45) is 3.79. The largest absolute Gasteiger partial charge is 0.444 e. The smallest absolute Gasteiger partial charge is 0.410 e.